The maximum Gasteiger partial charge on any atom is 0.116 e. The predicted octanol–water partition coefficient (Wildman–Crippen LogP) is 9.35. The average molecular weight is 649 g/mol. The average Bonchev–Trinajstić information content (AvgIpc) is 3.35. The number of carbonyl (C=O) groups excluding carboxylic acids is 1. The van der Waals surface area contributed by atoms with Gasteiger partial charge >= 0.3 is 0 Å². The standard InChI is InChI=1S/C21H36N4S.C8H10.C7H8.C2H4O.C2H6/c1-13(2)21(24-18(7)19(22)11-17(6)26)15(4)8-9-16(5)25-12-14(3)10-20(25)23;1-7-3-5-8(2)6-4-7;1-7-5-3-2-4-6-7;1-2-3;1-2/h11,13-14,20-21,24H,4-5,7-10,12,22-23H2,1-3,6H3;3-6H,1-2H3;2-6H,1H3;2H,1H3;1-2H3/b19-11-;;;;. The Labute approximate surface area is 287 Å². The van der Waals surface area contributed by atoms with Crippen LogP contribution in [-0.2, 0) is 4.79 Å². The molecular weight excluding hydrogens is 585 g/mol. The number of hydrogen-bond acceptors (Lipinski definition) is 6. The molecule has 256 valence electrons. The van der Waals surface area contributed by atoms with E-state index in [4.69, 9.17) is 28.5 Å². The van der Waals surface area contributed by atoms with Crippen molar-refractivity contribution in [1.82, 2.24) is 10.2 Å². The van der Waals surface area contributed by atoms with Gasteiger partial charge in [0, 0.05) is 23.1 Å². The smallest absolute Gasteiger partial charge is 0.116 e. The van der Waals surface area contributed by atoms with Gasteiger partial charge < -0.3 is 26.5 Å². The molecule has 2 aromatic carbocycles. The number of aryl methyl sites for hydroxylation is 3. The molecule has 6 heteroatoms. The number of nitrogens with one attached hydrogen (secondary N) is 1. The van der Waals surface area contributed by atoms with Gasteiger partial charge in [-0.2, -0.15) is 0 Å². The minimum Gasteiger partial charge on any atom is -0.397 e. The normalized spacial score (nSPS) is 15.6. The zero-order valence-corrected chi connectivity index (χ0v) is 31.3. The van der Waals surface area contributed by atoms with Crippen LogP contribution in [0.5, 0.6) is 0 Å². The van der Waals surface area contributed by atoms with Crippen LogP contribution in [0.3, 0.4) is 0 Å². The van der Waals surface area contributed by atoms with Crippen molar-refractivity contribution in [2.45, 2.75) is 101 Å². The van der Waals surface area contributed by atoms with Crippen molar-refractivity contribution >= 4 is 23.4 Å². The van der Waals surface area contributed by atoms with Crippen LogP contribution in [0.1, 0.15) is 84.4 Å². The second-order valence-electron chi connectivity index (χ2n) is 11.9. The molecule has 0 saturated carbocycles. The first-order valence-electron chi connectivity index (χ1n) is 16.4. The number of carbonyl (C=O) groups is 1. The summed E-state index contributed by atoms with van der Waals surface area (Å²) in [6, 6.07) is 18.8. The van der Waals surface area contributed by atoms with E-state index in [1.165, 1.54) is 23.6 Å². The molecule has 3 unspecified atom stereocenters. The Morgan fingerprint density at radius 3 is 1.78 bits per heavy atom. The first-order chi connectivity index (χ1) is 21.6. The molecule has 1 saturated heterocycles. The lowest BCUT2D eigenvalue weighted by atomic mass is 9.93. The fraction of sp³-hybridized carbons (Fsp3) is 0.450. The minimum absolute atomic E-state index is 0.0902. The zero-order valence-electron chi connectivity index (χ0n) is 30.5. The minimum atomic E-state index is 0.0902. The Bertz CT molecular complexity index is 1180. The van der Waals surface area contributed by atoms with E-state index >= 15 is 0 Å². The third-order valence-electron chi connectivity index (χ3n) is 7.00. The molecule has 1 aliphatic rings. The van der Waals surface area contributed by atoms with E-state index < -0.39 is 0 Å². The SMILES string of the molecule is C=C(NC(C(=C)CCC(=C)N1CC(C)CC1N)C(C)C)/C(N)=C/C(C)=S.CC.CC=O.Cc1ccc(C)cc1.Cc1ccccc1. The summed E-state index contributed by atoms with van der Waals surface area (Å²) in [7, 11) is 0. The molecule has 0 spiro atoms. The van der Waals surface area contributed by atoms with Gasteiger partial charge in [-0.3, -0.25) is 0 Å². The maximum atomic E-state index is 8.81. The van der Waals surface area contributed by atoms with Crippen molar-refractivity contribution in [2.24, 2.45) is 23.3 Å². The largest absolute Gasteiger partial charge is 0.397 e. The lowest BCUT2D eigenvalue weighted by Crippen LogP contribution is -2.37. The number of thiocarbonyl (C=S) groups is 1. The van der Waals surface area contributed by atoms with Crippen molar-refractivity contribution in [2.75, 3.05) is 6.54 Å². The molecule has 0 amide bonds. The summed E-state index contributed by atoms with van der Waals surface area (Å²) in [4.78, 5) is 11.8. The van der Waals surface area contributed by atoms with Gasteiger partial charge in [0.25, 0.3) is 0 Å². The van der Waals surface area contributed by atoms with Crippen LogP contribution in [-0.4, -0.2) is 34.8 Å². The van der Waals surface area contributed by atoms with E-state index in [-0.39, 0.29) is 12.2 Å². The molecule has 0 aliphatic carbocycles. The van der Waals surface area contributed by atoms with Gasteiger partial charge in [0.05, 0.1) is 17.6 Å². The van der Waals surface area contributed by atoms with Crippen LogP contribution < -0.4 is 16.8 Å². The number of nitrogens with zero attached hydrogens (tertiary/aromatic N) is 1. The maximum absolute atomic E-state index is 8.81. The number of aldehydes is 1. The van der Waals surface area contributed by atoms with Crippen molar-refractivity contribution < 1.29 is 4.79 Å². The van der Waals surface area contributed by atoms with Crippen LogP contribution in [0.25, 0.3) is 0 Å². The third-order valence-corrected chi connectivity index (χ3v) is 7.11. The van der Waals surface area contributed by atoms with E-state index in [9.17, 15) is 0 Å². The first kappa shape index (κ1) is 44.6. The summed E-state index contributed by atoms with van der Waals surface area (Å²) in [5, 5.41) is 3.42. The summed E-state index contributed by atoms with van der Waals surface area (Å²) in [5.74, 6) is 0.987. The molecule has 46 heavy (non-hydrogen) atoms. The zero-order chi connectivity index (χ0) is 35.8. The summed E-state index contributed by atoms with van der Waals surface area (Å²) in [6.45, 7) is 33.7. The number of allylic oxidation sites excluding steroid dienone is 2. The Kier molecular flexibility index (Phi) is 24.9. The molecule has 0 radical (unpaired) electrons. The summed E-state index contributed by atoms with van der Waals surface area (Å²) in [5.41, 5.74) is 19.7. The highest BCUT2D eigenvalue weighted by Crippen LogP contribution is 2.27. The van der Waals surface area contributed by atoms with E-state index in [0.717, 1.165) is 48.2 Å². The van der Waals surface area contributed by atoms with E-state index in [2.05, 4.69) is 108 Å². The van der Waals surface area contributed by atoms with E-state index in [1.54, 1.807) is 6.08 Å². The fourth-order valence-electron chi connectivity index (χ4n) is 4.54. The summed E-state index contributed by atoms with van der Waals surface area (Å²) >= 11 is 5.08. The van der Waals surface area contributed by atoms with Crippen molar-refractivity contribution in [3.63, 3.8) is 0 Å². The molecule has 1 aliphatic heterocycles. The monoisotopic (exact) mass is 648 g/mol. The predicted molar refractivity (Wildman–Crippen MR) is 208 cm³/mol. The van der Waals surface area contributed by atoms with Gasteiger partial charge in [0.1, 0.15) is 6.29 Å². The molecule has 5 N–H and O–H groups in total. The third kappa shape index (κ3) is 20.5. The molecule has 3 atom stereocenters. The van der Waals surface area contributed by atoms with E-state index in [1.807, 2.05) is 39.0 Å². The van der Waals surface area contributed by atoms with Crippen molar-refractivity contribution in [1.29, 1.82) is 0 Å². The second kappa shape index (κ2) is 25.7. The molecule has 3 rings (SSSR count). The number of hydrogen-bond donors (Lipinski definition) is 3. The van der Waals surface area contributed by atoms with Crippen LogP contribution in [0.2, 0.25) is 0 Å². The number of benzene rings is 2. The Morgan fingerprint density at radius 2 is 1.43 bits per heavy atom. The number of rotatable bonds is 10. The number of likely N-dealkylation sites (tertiary alicyclic amines) is 1. The Morgan fingerprint density at radius 1 is 0.978 bits per heavy atom. The highest BCUT2D eigenvalue weighted by atomic mass is 32.1. The van der Waals surface area contributed by atoms with Crippen molar-refractivity contribution in [3.8, 4) is 0 Å². The van der Waals surface area contributed by atoms with Crippen LogP contribution >= 0.6 is 12.2 Å². The lowest BCUT2D eigenvalue weighted by Gasteiger charge is -2.29. The highest BCUT2D eigenvalue weighted by Gasteiger charge is 2.27. The molecule has 0 bridgehead atoms. The fourth-order valence-corrected chi connectivity index (χ4v) is 4.67. The van der Waals surface area contributed by atoms with Crippen LogP contribution in [0.4, 0.5) is 0 Å². The van der Waals surface area contributed by atoms with Crippen LogP contribution in [0.15, 0.2) is 103 Å². The van der Waals surface area contributed by atoms with Gasteiger partial charge in [0.2, 0.25) is 0 Å². The van der Waals surface area contributed by atoms with Crippen LogP contribution in [0, 0.1) is 32.6 Å². The Balaban J connectivity index is 0. The highest BCUT2D eigenvalue weighted by molar-refractivity contribution is 7.80. The Hall–Kier alpha value is -3.48. The topological polar surface area (TPSA) is 84.4 Å². The van der Waals surface area contributed by atoms with Gasteiger partial charge in [-0.05, 0) is 71.8 Å². The van der Waals surface area contributed by atoms with E-state index in [0.29, 0.717) is 23.2 Å². The second-order valence-corrected chi connectivity index (χ2v) is 12.5. The molecule has 1 heterocycles. The molecule has 5 nitrogen and oxygen atoms in total. The molecule has 2 aromatic rings. The number of nitrogens with two attached hydrogens (primary N) is 2. The van der Waals surface area contributed by atoms with Gasteiger partial charge in [-0.15, -0.1) is 0 Å². The summed E-state index contributed by atoms with van der Waals surface area (Å²) < 4.78 is 0. The quantitative estimate of drug-likeness (QED) is 0.0783. The van der Waals surface area contributed by atoms with Gasteiger partial charge in [0.15, 0.2) is 0 Å². The molecular formula is C40H64N4OS. The van der Waals surface area contributed by atoms with Gasteiger partial charge in [-0.1, -0.05) is 143 Å². The molecule has 0 aromatic heterocycles. The first-order valence-corrected chi connectivity index (χ1v) is 16.8. The molecule has 1 fully saturated rings. The van der Waals surface area contributed by atoms with Crippen molar-refractivity contribution in [3.05, 3.63) is 120 Å². The summed E-state index contributed by atoms with van der Waals surface area (Å²) in [6.07, 6.45) is 5.34. The van der Waals surface area contributed by atoms with Gasteiger partial charge in [-0.25, -0.2) is 0 Å². The lowest BCUT2D eigenvalue weighted by molar-refractivity contribution is -0.106.